The minimum Gasteiger partial charge on any atom is -0.489 e. The van der Waals surface area contributed by atoms with E-state index in [2.05, 4.69) is 5.32 Å². The highest BCUT2D eigenvalue weighted by atomic mass is 32.2. The third-order valence-electron chi connectivity index (χ3n) is 4.41. The highest BCUT2D eigenvalue weighted by Gasteiger charge is 2.32. The molecule has 2 N–H and O–H groups in total. The van der Waals surface area contributed by atoms with E-state index in [4.69, 9.17) is 4.74 Å². The summed E-state index contributed by atoms with van der Waals surface area (Å²) in [6.07, 6.45) is -1.13. The lowest BCUT2D eigenvalue weighted by Gasteiger charge is -2.19. The quantitative estimate of drug-likeness (QED) is 0.707. The molecule has 1 heterocycles. The van der Waals surface area contributed by atoms with Gasteiger partial charge in [-0.05, 0) is 35.4 Å². The van der Waals surface area contributed by atoms with Crippen LogP contribution in [-0.4, -0.2) is 17.1 Å². The molecule has 1 aliphatic heterocycles. The first-order chi connectivity index (χ1) is 13.2. The number of aliphatic hydroxyl groups excluding tert-OH is 1. The van der Waals surface area contributed by atoms with Gasteiger partial charge in [0, 0.05) is 4.90 Å². The van der Waals surface area contributed by atoms with Crippen molar-refractivity contribution in [2.75, 3.05) is 5.32 Å². The number of nitrogens with one attached hydrogen (secondary N) is 1. The van der Waals surface area contributed by atoms with Gasteiger partial charge >= 0.3 is 0 Å². The molecule has 0 bridgehead atoms. The number of para-hydroxylation sites is 1. The van der Waals surface area contributed by atoms with Gasteiger partial charge in [0.15, 0.2) is 0 Å². The van der Waals surface area contributed by atoms with Crippen molar-refractivity contribution >= 4 is 23.4 Å². The Labute approximate surface area is 162 Å². The van der Waals surface area contributed by atoms with Crippen LogP contribution in [0, 0.1) is 0 Å². The molecule has 136 valence electrons. The fourth-order valence-corrected chi connectivity index (χ4v) is 4.19. The first kappa shape index (κ1) is 17.6. The molecule has 0 radical (unpaired) electrons. The first-order valence-electron chi connectivity index (χ1n) is 8.72. The number of ether oxygens (including phenoxy) is 1. The molecule has 5 heteroatoms. The third kappa shape index (κ3) is 3.99. The maximum Gasteiger partial charge on any atom is 0.254 e. The standard InChI is InChI=1S/C22H19NO3S/c24-20-21(27-19-9-5-4-8-18(19)23-22(20)25)16-10-12-17(13-11-16)26-14-15-6-2-1-3-7-15/h1-13,20-21,24H,14H2,(H,23,25)/t20-,21-/m0/s1. The second-order valence-electron chi connectivity index (χ2n) is 6.31. The van der Waals surface area contributed by atoms with E-state index in [0.29, 0.717) is 6.61 Å². The van der Waals surface area contributed by atoms with E-state index in [1.807, 2.05) is 78.9 Å². The molecule has 2 atom stereocenters. The van der Waals surface area contributed by atoms with Gasteiger partial charge in [-0.2, -0.15) is 0 Å². The van der Waals surface area contributed by atoms with Gasteiger partial charge in [0.25, 0.3) is 5.91 Å². The van der Waals surface area contributed by atoms with Crippen molar-refractivity contribution in [1.82, 2.24) is 0 Å². The Balaban J connectivity index is 1.51. The smallest absolute Gasteiger partial charge is 0.254 e. The second kappa shape index (κ2) is 7.86. The molecule has 0 saturated heterocycles. The number of hydrogen-bond acceptors (Lipinski definition) is 4. The zero-order valence-corrected chi connectivity index (χ0v) is 15.4. The van der Waals surface area contributed by atoms with Crippen molar-refractivity contribution in [2.45, 2.75) is 22.9 Å². The topological polar surface area (TPSA) is 58.6 Å². The van der Waals surface area contributed by atoms with E-state index in [0.717, 1.165) is 27.5 Å². The second-order valence-corrected chi connectivity index (χ2v) is 7.50. The van der Waals surface area contributed by atoms with Crippen LogP contribution in [0.1, 0.15) is 16.4 Å². The summed E-state index contributed by atoms with van der Waals surface area (Å²) >= 11 is 1.48. The highest BCUT2D eigenvalue weighted by Crippen LogP contribution is 2.43. The first-order valence-corrected chi connectivity index (χ1v) is 9.60. The van der Waals surface area contributed by atoms with Gasteiger partial charge in [0.1, 0.15) is 18.5 Å². The molecule has 4 rings (SSSR count). The van der Waals surface area contributed by atoms with Gasteiger partial charge in [-0.25, -0.2) is 0 Å². The van der Waals surface area contributed by atoms with Crippen LogP contribution in [0.15, 0.2) is 83.8 Å². The number of rotatable bonds is 4. The summed E-state index contributed by atoms with van der Waals surface area (Å²) in [5.41, 5.74) is 2.72. The fourth-order valence-electron chi connectivity index (χ4n) is 2.96. The van der Waals surface area contributed by atoms with E-state index in [-0.39, 0.29) is 11.2 Å². The lowest BCUT2D eigenvalue weighted by Crippen LogP contribution is -2.30. The van der Waals surface area contributed by atoms with Gasteiger partial charge in [0.2, 0.25) is 0 Å². The van der Waals surface area contributed by atoms with Crippen LogP contribution >= 0.6 is 11.8 Å². The molecular formula is C22H19NO3S. The van der Waals surface area contributed by atoms with E-state index in [1.165, 1.54) is 11.8 Å². The molecule has 0 spiro atoms. The van der Waals surface area contributed by atoms with E-state index in [1.54, 1.807) is 0 Å². The number of anilines is 1. The molecule has 0 saturated carbocycles. The van der Waals surface area contributed by atoms with Crippen molar-refractivity contribution in [3.05, 3.63) is 90.0 Å². The Hall–Kier alpha value is -2.76. The summed E-state index contributed by atoms with van der Waals surface area (Å²) in [6, 6.07) is 25.1. The minimum atomic E-state index is -1.13. The number of thioether (sulfide) groups is 1. The molecule has 27 heavy (non-hydrogen) atoms. The zero-order valence-electron chi connectivity index (χ0n) is 14.5. The molecule has 0 aliphatic carbocycles. The summed E-state index contributed by atoms with van der Waals surface area (Å²) < 4.78 is 5.81. The van der Waals surface area contributed by atoms with Gasteiger partial charge in [-0.15, -0.1) is 11.8 Å². The van der Waals surface area contributed by atoms with Crippen LogP contribution in [0.4, 0.5) is 5.69 Å². The van der Waals surface area contributed by atoms with Crippen LogP contribution < -0.4 is 10.1 Å². The number of aliphatic hydroxyl groups is 1. The fraction of sp³-hybridized carbons (Fsp3) is 0.136. The Bertz CT molecular complexity index is 928. The van der Waals surface area contributed by atoms with Crippen LogP contribution in [-0.2, 0) is 11.4 Å². The van der Waals surface area contributed by atoms with E-state index < -0.39 is 6.10 Å². The molecule has 0 unspecified atom stereocenters. The number of fused-ring (bicyclic) bond motifs is 1. The van der Waals surface area contributed by atoms with E-state index >= 15 is 0 Å². The van der Waals surface area contributed by atoms with Crippen molar-refractivity contribution < 1.29 is 14.6 Å². The van der Waals surface area contributed by atoms with Gasteiger partial charge in [-0.1, -0.05) is 54.6 Å². The molecule has 3 aromatic carbocycles. The van der Waals surface area contributed by atoms with Crippen LogP contribution in [0.25, 0.3) is 0 Å². The predicted molar refractivity (Wildman–Crippen MR) is 107 cm³/mol. The van der Waals surface area contributed by atoms with Crippen molar-refractivity contribution in [3.8, 4) is 5.75 Å². The SMILES string of the molecule is O=C1Nc2ccccc2S[C@@H](c2ccc(OCc3ccccc3)cc2)[C@@H]1O. The summed E-state index contributed by atoms with van der Waals surface area (Å²) in [4.78, 5) is 13.2. The largest absolute Gasteiger partial charge is 0.489 e. The molecule has 4 nitrogen and oxygen atoms in total. The molecule has 1 aliphatic rings. The van der Waals surface area contributed by atoms with Gasteiger partial charge in [-0.3, -0.25) is 4.79 Å². The van der Waals surface area contributed by atoms with Crippen molar-refractivity contribution in [1.29, 1.82) is 0 Å². The lowest BCUT2D eigenvalue weighted by atomic mass is 10.1. The van der Waals surface area contributed by atoms with Crippen LogP contribution in [0.5, 0.6) is 5.75 Å². The Morgan fingerprint density at radius 2 is 1.63 bits per heavy atom. The van der Waals surface area contributed by atoms with Crippen molar-refractivity contribution in [2.24, 2.45) is 0 Å². The van der Waals surface area contributed by atoms with Crippen LogP contribution in [0.3, 0.4) is 0 Å². The minimum absolute atomic E-state index is 0.378. The number of benzene rings is 3. The van der Waals surface area contributed by atoms with E-state index in [9.17, 15) is 9.90 Å². The lowest BCUT2D eigenvalue weighted by molar-refractivity contribution is -0.124. The Morgan fingerprint density at radius 3 is 2.41 bits per heavy atom. The predicted octanol–water partition coefficient (Wildman–Crippen LogP) is 4.41. The average Bonchev–Trinajstić information content (AvgIpc) is 2.84. The number of carbonyl (C=O) groups is 1. The van der Waals surface area contributed by atoms with Gasteiger partial charge in [0.05, 0.1) is 10.9 Å². The zero-order chi connectivity index (χ0) is 18.6. The average molecular weight is 377 g/mol. The highest BCUT2D eigenvalue weighted by molar-refractivity contribution is 7.99. The summed E-state index contributed by atoms with van der Waals surface area (Å²) in [5, 5.41) is 12.9. The number of carbonyl (C=O) groups excluding carboxylic acids is 1. The molecule has 0 fully saturated rings. The Kier molecular flexibility index (Phi) is 5.14. The number of hydrogen-bond donors (Lipinski definition) is 2. The molecule has 3 aromatic rings. The third-order valence-corrected chi connectivity index (χ3v) is 5.81. The summed E-state index contributed by atoms with van der Waals surface area (Å²) in [7, 11) is 0. The monoisotopic (exact) mass is 377 g/mol. The maximum absolute atomic E-state index is 12.3. The van der Waals surface area contributed by atoms with Crippen molar-refractivity contribution in [3.63, 3.8) is 0 Å². The molecule has 1 amide bonds. The maximum atomic E-state index is 12.3. The Morgan fingerprint density at radius 1 is 0.926 bits per heavy atom. The molecule has 0 aromatic heterocycles. The van der Waals surface area contributed by atoms with Crippen LogP contribution in [0.2, 0.25) is 0 Å². The number of amides is 1. The molecular weight excluding hydrogens is 358 g/mol. The van der Waals surface area contributed by atoms with Gasteiger partial charge < -0.3 is 15.2 Å². The normalized spacial score (nSPS) is 18.9. The summed E-state index contributed by atoms with van der Waals surface area (Å²) in [5.74, 6) is 0.363. The summed E-state index contributed by atoms with van der Waals surface area (Å²) in [6.45, 7) is 0.497.